The molecule has 104 valence electrons. The molecule has 0 bridgehead atoms. The predicted molar refractivity (Wildman–Crippen MR) is 86.0 cm³/mol. The number of hydrogen-bond donors (Lipinski definition) is 2. The number of hydrogen-bond acceptors (Lipinski definition) is 2. The van der Waals surface area contributed by atoms with Crippen molar-refractivity contribution in [3.05, 3.63) is 77.9 Å². The standard InChI is InChI=1S/C18H16N2O/c19-17-9-8-14-10-16(7-6-15(14)11-17)18(21)20-12-13-4-2-1-3-5-13/h1-11H,12,19H2,(H,20,21). The third kappa shape index (κ3) is 3.03. The molecule has 0 aliphatic carbocycles. The average molecular weight is 276 g/mol. The summed E-state index contributed by atoms with van der Waals surface area (Å²) in [6.07, 6.45) is 0. The zero-order valence-corrected chi connectivity index (χ0v) is 11.5. The molecule has 3 rings (SSSR count). The van der Waals surface area contributed by atoms with Crippen LogP contribution in [0.1, 0.15) is 15.9 Å². The number of fused-ring (bicyclic) bond motifs is 1. The Morgan fingerprint density at radius 3 is 2.43 bits per heavy atom. The lowest BCUT2D eigenvalue weighted by Gasteiger charge is -2.07. The highest BCUT2D eigenvalue weighted by atomic mass is 16.1. The van der Waals surface area contributed by atoms with Gasteiger partial charge in [0.2, 0.25) is 0 Å². The van der Waals surface area contributed by atoms with E-state index in [9.17, 15) is 4.79 Å². The molecule has 0 aromatic heterocycles. The molecule has 3 aromatic carbocycles. The molecule has 3 N–H and O–H groups in total. The third-order valence-electron chi connectivity index (χ3n) is 3.42. The number of carbonyl (C=O) groups is 1. The summed E-state index contributed by atoms with van der Waals surface area (Å²) >= 11 is 0. The first kappa shape index (κ1) is 13.2. The van der Waals surface area contributed by atoms with Gasteiger partial charge < -0.3 is 11.1 Å². The number of benzene rings is 3. The number of carbonyl (C=O) groups excluding carboxylic acids is 1. The Balaban J connectivity index is 1.77. The molecule has 0 saturated carbocycles. The van der Waals surface area contributed by atoms with Crippen LogP contribution in [0.5, 0.6) is 0 Å². The van der Waals surface area contributed by atoms with Gasteiger partial charge in [0.1, 0.15) is 0 Å². The van der Waals surface area contributed by atoms with Crippen molar-refractivity contribution in [2.24, 2.45) is 0 Å². The molecule has 0 atom stereocenters. The maximum Gasteiger partial charge on any atom is 0.251 e. The van der Waals surface area contributed by atoms with Crippen LogP contribution in [0.25, 0.3) is 10.8 Å². The molecule has 1 amide bonds. The van der Waals surface area contributed by atoms with E-state index >= 15 is 0 Å². The van der Waals surface area contributed by atoms with Crippen LogP contribution < -0.4 is 11.1 Å². The van der Waals surface area contributed by atoms with Crippen molar-refractivity contribution in [1.82, 2.24) is 5.32 Å². The molecule has 0 heterocycles. The number of nitrogen functional groups attached to an aromatic ring is 1. The minimum absolute atomic E-state index is 0.0717. The number of amides is 1. The normalized spacial score (nSPS) is 10.5. The van der Waals surface area contributed by atoms with Crippen molar-refractivity contribution < 1.29 is 4.79 Å². The van der Waals surface area contributed by atoms with E-state index in [0.29, 0.717) is 12.1 Å². The van der Waals surface area contributed by atoms with Crippen LogP contribution in [0, 0.1) is 0 Å². The molecule has 3 heteroatoms. The van der Waals surface area contributed by atoms with E-state index in [4.69, 9.17) is 5.73 Å². The fourth-order valence-corrected chi connectivity index (χ4v) is 2.29. The zero-order valence-electron chi connectivity index (χ0n) is 11.5. The van der Waals surface area contributed by atoms with Gasteiger partial charge in [-0.15, -0.1) is 0 Å². The molecule has 0 fully saturated rings. The maximum atomic E-state index is 12.2. The molecule has 0 radical (unpaired) electrons. The van der Waals surface area contributed by atoms with E-state index in [0.717, 1.165) is 22.0 Å². The Labute approximate surface area is 123 Å². The van der Waals surface area contributed by atoms with Crippen molar-refractivity contribution >= 4 is 22.4 Å². The Morgan fingerprint density at radius 1 is 0.905 bits per heavy atom. The van der Waals surface area contributed by atoms with Crippen LogP contribution in [-0.4, -0.2) is 5.91 Å². The van der Waals surface area contributed by atoms with E-state index in [1.54, 1.807) is 0 Å². The average Bonchev–Trinajstić information content (AvgIpc) is 2.53. The van der Waals surface area contributed by atoms with Crippen LogP contribution in [0.3, 0.4) is 0 Å². The van der Waals surface area contributed by atoms with Crippen LogP contribution in [0.2, 0.25) is 0 Å². The minimum atomic E-state index is -0.0717. The second-order valence-electron chi connectivity index (χ2n) is 4.99. The van der Waals surface area contributed by atoms with Gasteiger partial charge in [0.15, 0.2) is 0 Å². The second-order valence-corrected chi connectivity index (χ2v) is 4.99. The lowest BCUT2D eigenvalue weighted by atomic mass is 10.1. The Hall–Kier alpha value is -2.81. The van der Waals surface area contributed by atoms with Crippen molar-refractivity contribution in [1.29, 1.82) is 0 Å². The van der Waals surface area contributed by atoms with Crippen molar-refractivity contribution in [3.63, 3.8) is 0 Å². The van der Waals surface area contributed by atoms with E-state index in [2.05, 4.69) is 5.32 Å². The third-order valence-corrected chi connectivity index (χ3v) is 3.42. The van der Waals surface area contributed by atoms with Gasteiger partial charge in [-0.1, -0.05) is 42.5 Å². The van der Waals surface area contributed by atoms with Crippen molar-refractivity contribution in [2.45, 2.75) is 6.54 Å². The van der Waals surface area contributed by atoms with Gasteiger partial charge in [0.25, 0.3) is 5.91 Å². The first-order valence-corrected chi connectivity index (χ1v) is 6.84. The fourth-order valence-electron chi connectivity index (χ4n) is 2.29. The van der Waals surface area contributed by atoms with Gasteiger partial charge in [-0.2, -0.15) is 0 Å². The monoisotopic (exact) mass is 276 g/mol. The van der Waals surface area contributed by atoms with Gasteiger partial charge in [-0.25, -0.2) is 0 Å². The molecule has 3 nitrogen and oxygen atoms in total. The van der Waals surface area contributed by atoms with E-state index in [1.807, 2.05) is 66.7 Å². The molecule has 0 unspecified atom stereocenters. The van der Waals surface area contributed by atoms with Crippen LogP contribution >= 0.6 is 0 Å². The molecule has 0 aliphatic rings. The summed E-state index contributed by atoms with van der Waals surface area (Å²) < 4.78 is 0. The lowest BCUT2D eigenvalue weighted by Crippen LogP contribution is -2.22. The summed E-state index contributed by atoms with van der Waals surface area (Å²) in [5, 5.41) is 4.98. The summed E-state index contributed by atoms with van der Waals surface area (Å²) in [5.41, 5.74) is 8.22. The lowest BCUT2D eigenvalue weighted by molar-refractivity contribution is 0.0951. The van der Waals surface area contributed by atoms with Gasteiger partial charge in [0, 0.05) is 17.8 Å². The number of nitrogens with two attached hydrogens (primary N) is 1. The van der Waals surface area contributed by atoms with Gasteiger partial charge >= 0.3 is 0 Å². The molecule has 3 aromatic rings. The quantitative estimate of drug-likeness (QED) is 0.721. The minimum Gasteiger partial charge on any atom is -0.399 e. The number of nitrogens with one attached hydrogen (secondary N) is 1. The van der Waals surface area contributed by atoms with Crippen molar-refractivity contribution in [2.75, 3.05) is 5.73 Å². The zero-order chi connectivity index (χ0) is 14.7. The smallest absolute Gasteiger partial charge is 0.251 e. The summed E-state index contributed by atoms with van der Waals surface area (Å²) in [5.74, 6) is -0.0717. The number of rotatable bonds is 3. The van der Waals surface area contributed by atoms with Gasteiger partial charge in [0.05, 0.1) is 0 Å². The Morgan fingerprint density at radius 2 is 1.62 bits per heavy atom. The molecule has 0 saturated heterocycles. The first-order chi connectivity index (χ1) is 10.2. The van der Waals surface area contributed by atoms with E-state index in [1.165, 1.54) is 0 Å². The maximum absolute atomic E-state index is 12.2. The molecular formula is C18H16N2O. The highest BCUT2D eigenvalue weighted by molar-refractivity contribution is 5.99. The molecule has 21 heavy (non-hydrogen) atoms. The largest absolute Gasteiger partial charge is 0.399 e. The Bertz CT molecular complexity index is 782. The summed E-state index contributed by atoms with van der Waals surface area (Å²) in [6, 6.07) is 21.2. The summed E-state index contributed by atoms with van der Waals surface area (Å²) in [7, 11) is 0. The SMILES string of the molecule is Nc1ccc2cc(C(=O)NCc3ccccc3)ccc2c1. The highest BCUT2D eigenvalue weighted by Crippen LogP contribution is 2.19. The second kappa shape index (κ2) is 5.67. The van der Waals surface area contributed by atoms with Gasteiger partial charge in [-0.3, -0.25) is 4.79 Å². The molecule has 0 spiro atoms. The van der Waals surface area contributed by atoms with Crippen LogP contribution in [0.4, 0.5) is 5.69 Å². The van der Waals surface area contributed by atoms with Crippen molar-refractivity contribution in [3.8, 4) is 0 Å². The topological polar surface area (TPSA) is 55.1 Å². The van der Waals surface area contributed by atoms with Crippen LogP contribution in [0.15, 0.2) is 66.7 Å². The fraction of sp³-hybridized carbons (Fsp3) is 0.0556. The predicted octanol–water partition coefficient (Wildman–Crippen LogP) is 3.35. The molecule has 0 aliphatic heterocycles. The van der Waals surface area contributed by atoms with E-state index in [-0.39, 0.29) is 5.91 Å². The summed E-state index contributed by atoms with van der Waals surface area (Å²) in [6.45, 7) is 0.527. The first-order valence-electron chi connectivity index (χ1n) is 6.84. The van der Waals surface area contributed by atoms with E-state index < -0.39 is 0 Å². The summed E-state index contributed by atoms with van der Waals surface area (Å²) in [4.78, 5) is 12.2. The number of anilines is 1. The molecular weight excluding hydrogens is 260 g/mol. The van der Waals surface area contributed by atoms with Crippen LogP contribution in [-0.2, 0) is 6.54 Å². The Kier molecular flexibility index (Phi) is 3.56. The highest BCUT2D eigenvalue weighted by Gasteiger charge is 2.06. The van der Waals surface area contributed by atoms with Gasteiger partial charge in [-0.05, 0) is 40.6 Å².